The molecular weight excluding hydrogens is 254 g/mol. The second-order valence-corrected chi connectivity index (χ2v) is 5.50. The average Bonchev–Trinajstić information content (AvgIpc) is 2.49. The monoisotopic (exact) mass is 279 g/mol. The van der Waals surface area contributed by atoms with E-state index in [9.17, 15) is 0 Å². The van der Waals surface area contributed by atoms with E-state index in [4.69, 9.17) is 15.2 Å². The zero-order chi connectivity index (χ0) is 14.4. The molecule has 1 atom stereocenters. The van der Waals surface area contributed by atoms with Crippen LogP contribution in [0.15, 0.2) is 24.3 Å². The highest BCUT2D eigenvalue weighted by Crippen LogP contribution is 2.17. The molecule has 0 amide bonds. The first kappa shape index (κ1) is 15.3. The molecule has 1 aromatic carbocycles. The quantitative estimate of drug-likeness (QED) is 0.806. The highest BCUT2D eigenvalue weighted by atomic mass is 16.5. The summed E-state index contributed by atoms with van der Waals surface area (Å²) in [6.45, 7) is 6.09. The van der Waals surface area contributed by atoms with Gasteiger partial charge in [0.1, 0.15) is 5.75 Å². The Morgan fingerprint density at radius 1 is 1.30 bits per heavy atom. The van der Waals surface area contributed by atoms with Gasteiger partial charge in [-0.1, -0.05) is 12.1 Å². The highest BCUT2D eigenvalue weighted by molar-refractivity contribution is 5.28. The summed E-state index contributed by atoms with van der Waals surface area (Å²) in [5.41, 5.74) is 10.6. The van der Waals surface area contributed by atoms with Gasteiger partial charge in [0.05, 0.1) is 20.3 Å². The van der Waals surface area contributed by atoms with Crippen molar-refractivity contribution in [3.63, 3.8) is 0 Å². The Morgan fingerprint density at radius 2 is 1.95 bits per heavy atom. The maximum absolute atomic E-state index is 5.98. The van der Waals surface area contributed by atoms with Gasteiger partial charge in [0.25, 0.3) is 0 Å². The lowest BCUT2D eigenvalue weighted by atomic mass is 9.93. The number of nitrogens with two attached hydrogens (primary N) is 1. The molecule has 20 heavy (non-hydrogen) atoms. The number of hydrogen-bond donors (Lipinski definition) is 2. The summed E-state index contributed by atoms with van der Waals surface area (Å²) >= 11 is 0. The number of morpholine rings is 1. The van der Waals surface area contributed by atoms with Crippen LogP contribution in [0.1, 0.15) is 12.5 Å². The van der Waals surface area contributed by atoms with Crippen LogP contribution in [0.3, 0.4) is 0 Å². The van der Waals surface area contributed by atoms with Crippen molar-refractivity contribution in [2.24, 2.45) is 5.73 Å². The fourth-order valence-corrected chi connectivity index (χ4v) is 2.41. The molecule has 0 radical (unpaired) electrons. The van der Waals surface area contributed by atoms with Crippen LogP contribution in [-0.2, 0) is 11.2 Å². The first-order chi connectivity index (χ1) is 9.65. The maximum atomic E-state index is 5.98. The Kier molecular flexibility index (Phi) is 5.37. The van der Waals surface area contributed by atoms with Crippen molar-refractivity contribution < 1.29 is 9.47 Å². The molecule has 0 spiro atoms. The van der Waals surface area contributed by atoms with Gasteiger partial charge in [0, 0.05) is 25.2 Å². The van der Waals surface area contributed by atoms with Gasteiger partial charge >= 0.3 is 0 Å². The number of methoxy groups -OCH3 is 1. The van der Waals surface area contributed by atoms with Gasteiger partial charge in [-0.15, -0.1) is 0 Å². The van der Waals surface area contributed by atoms with Crippen LogP contribution in [0.4, 0.5) is 0 Å². The molecule has 3 N–H and O–H groups in total. The predicted molar refractivity (Wildman–Crippen MR) is 79.7 cm³/mol. The molecule has 1 fully saturated rings. The number of hydrazine groups is 1. The molecule has 1 aromatic rings. The third-order valence-corrected chi connectivity index (χ3v) is 3.64. The molecule has 1 aliphatic rings. The summed E-state index contributed by atoms with van der Waals surface area (Å²) < 4.78 is 10.5. The number of nitrogens with zero attached hydrogens (tertiary/aromatic N) is 1. The van der Waals surface area contributed by atoms with E-state index in [0.29, 0.717) is 6.54 Å². The van der Waals surface area contributed by atoms with E-state index in [2.05, 4.69) is 29.5 Å². The summed E-state index contributed by atoms with van der Waals surface area (Å²) in [6, 6.07) is 8.16. The van der Waals surface area contributed by atoms with E-state index in [1.807, 2.05) is 12.1 Å². The highest BCUT2D eigenvalue weighted by Gasteiger charge is 2.26. The standard InChI is InChI=1S/C15H25N3O2/c1-15(12-16,17-18-7-9-20-10-8-18)11-13-3-5-14(19-2)6-4-13/h3-6,17H,7-12,16H2,1-2H3. The van der Waals surface area contributed by atoms with E-state index in [0.717, 1.165) is 38.5 Å². The summed E-state index contributed by atoms with van der Waals surface area (Å²) in [7, 11) is 1.68. The van der Waals surface area contributed by atoms with Gasteiger partial charge in [-0.3, -0.25) is 0 Å². The van der Waals surface area contributed by atoms with Crippen molar-refractivity contribution in [3.8, 4) is 5.75 Å². The Hall–Kier alpha value is -1.14. The van der Waals surface area contributed by atoms with Crippen LogP contribution in [0.25, 0.3) is 0 Å². The second kappa shape index (κ2) is 7.04. The third kappa shape index (κ3) is 4.18. The number of hydrogen-bond acceptors (Lipinski definition) is 5. The first-order valence-corrected chi connectivity index (χ1v) is 7.09. The molecule has 0 saturated carbocycles. The van der Waals surface area contributed by atoms with Crippen LogP contribution in [-0.4, -0.2) is 50.5 Å². The molecule has 5 heteroatoms. The molecule has 0 aromatic heterocycles. The van der Waals surface area contributed by atoms with E-state index >= 15 is 0 Å². The van der Waals surface area contributed by atoms with E-state index < -0.39 is 0 Å². The lowest BCUT2D eigenvalue weighted by Gasteiger charge is -2.38. The smallest absolute Gasteiger partial charge is 0.118 e. The minimum Gasteiger partial charge on any atom is -0.497 e. The van der Waals surface area contributed by atoms with E-state index in [-0.39, 0.29) is 5.54 Å². The average molecular weight is 279 g/mol. The second-order valence-electron chi connectivity index (χ2n) is 5.50. The van der Waals surface area contributed by atoms with E-state index in [1.54, 1.807) is 7.11 Å². The van der Waals surface area contributed by atoms with Crippen molar-refractivity contribution in [2.45, 2.75) is 18.9 Å². The number of nitrogens with one attached hydrogen (secondary N) is 1. The van der Waals surface area contributed by atoms with Crippen LogP contribution >= 0.6 is 0 Å². The molecule has 1 saturated heterocycles. The van der Waals surface area contributed by atoms with Crippen molar-refractivity contribution in [2.75, 3.05) is 40.0 Å². The van der Waals surface area contributed by atoms with Gasteiger partial charge < -0.3 is 15.2 Å². The molecule has 1 unspecified atom stereocenters. The summed E-state index contributed by atoms with van der Waals surface area (Å²) in [5.74, 6) is 0.879. The molecule has 5 nitrogen and oxygen atoms in total. The summed E-state index contributed by atoms with van der Waals surface area (Å²) in [4.78, 5) is 0. The fourth-order valence-electron chi connectivity index (χ4n) is 2.41. The van der Waals surface area contributed by atoms with Crippen molar-refractivity contribution in [1.82, 2.24) is 10.4 Å². The SMILES string of the molecule is COc1ccc(CC(C)(CN)NN2CCOCC2)cc1. The molecule has 0 bridgehead atoms. The molecule has 2 rings (SSSR count). The van der Waals surface area contributed by atoms with E-state index in [1.165, 1.54) is 5.56 Å². The lowest BCUT2D eigenvalue weighted by Crippen LogP contribution is -2.60. The number of rotatable bonds is 6. The predicted octanol–water partition coefficient (Wildman–Crippen LogP) is 0.792. The zero-order valence-electron chi connectivity index (χ0n) is 12.4. The summed E-state index contributed by atoms with van der Waals surface area (Å²) in [6.07, 6.45) is 0.880. The third-order valence-electron chi connectivity index (χ3n) is 3.64. The summed E-state index contributed by atoms with van der Waals surface area (Å²) in [5, 5.41) is 2.21. The van der Waals surface area contributed by atoms with Crippen LogP contribution in [0.2, 0.25) is 0 Å². The van der Waals surface area contributed by atoms with Gasteiger partial charge in [-0.2, -0.15) is 0 Å². The van der Waals surface area contributed by atoms with Crippen molar-refractivity contribution >= 4 is 0 Å². The zero-order valence-corrected chi connectivity index (χ0v) is 12.4. The molecule has 0 aliphatic carbocycles. The normalized spacial score (nSPS) is 19.6. The minimum absolute atomic E-state index is 0.147. The van der Waals surface area contributed by atoms with Gasteiger partial charge in [0.2, 0.25) is 0 Å². The number of benzene rings is 1. The fraction of sp³-hybridized carbons (Fsp3) is 0.600. The lowest BCUT2D eigenvalue weighted by molar-refractivity contribution is -0.00883. The minimum atomic E-state index is -0.147. The van der Waals surface area contributed by atoms with Crippen molar-refractivity contribution in [3.05, 3.63) is 29.8 Å². The number of ether oxygens (including phenoxy) is 2. The molecule has 1 aliphatic heterocycles. The molecule has 1 heterocycles. The Morgan fingerprint density at radius 3 is 2.50 bits per heavy atom. The Bertz CT molecular complexity index is 404. The van der Waals surface area contributed by atoms with Crippen LogP contribution in [0.5, 0.6) is 5.75 Å². The maximum Gasteiger partial charge on any atom is 0.118 e. The largest absolute Gasteiger partial charge is 0.497 e. The van der Waals surface area contributed by atoms with Crippen LogP contribution in [0, 0.1) is 0 Å². The van der Waals surface area contributed by atoms with Crippen LogP contribution < -0.4 is 15.9 Å². The first-order valence-electron chi connectivity index (χ1n) is 7.09. The Labute approximate surface area is 121 Å². The molecule has 112 valence electrons. The molecular formula is C15H25N3O2. The Balaban J connectivity index is 1.97. The topological polar surface area (TPSA) is 59.8 Å². The van der Waals surface area contributed by atoms with Gasteiger partial charge in [-0.25, -0.2) is 10.4 Å². The van der Waals surface area contributed by atoms with Gasteiger partial charge in [0.15, 0.2) is 0 Å². The van der Waals surface area contributed by atoms with Crippen molar-refractivity contribution in [1.29, 1.82) is 0 Å². The van der Waals surface area contributed by atoms with Gasteiger partial charge in [-0.05, 0) is 31.0 Å².